The number of halogens is 12. The lowest BCUT2D eigenvalue weighted by atomic mass is 9.72. The molecule has 4 rings (SSSR count). The van der Waals surface area contributed by atoms with Gasteiger partial charge >= 0.3 is 24.7 Å². The number of nitrogens with zero attached hydrogens (tertiary/aromatic N) is 1. The second kappa shape index (κ2) is 12.6. The average Bonchev–Trinajstić information content (AvgIpc) is 3.43. The van der Waals surface area contributed by atoms with Crippen LogP contribution in [0.3, 0.4) is 0 Å². The van der Waals surface area contributed by atoms with Crippen LogP contribution in [0, 0.1) is 0 Å². The van der Waals surface area contributed by atoms with Gasteiger partial charge in [0, 0.05) is 18.2 Å². The van der Waals surface area contributed by atoms with Crippen LogP contribution in [-0.4, -0.2) is 46.9 Å². The van der Waals surface area contributed by atoms with Crippen LogP contribution in [0.25, 0.3) is 22.6 Å². The van der Waals surface area contributed by atoms with E-state index in [2.05, 4.69) is 10.3 Å². The zero-order valence-corrected chi connectivity index (χ0v) is 26.6. The number of aliphatic hydroxyl groups is 1. The van der Waals surface area contributed by atoms with Gasteiger partial charge in [0.1, 0.15) is 11.3 Å². The van der Waals surface area contributed by atoms with Crippen molar-refractivity contribution in [3.63, 3.8) is 0 Å². The third kappa shape index (κ3) is 6.10. The molecule has 0 radical (unpaired) electrons. The third-order valence-corrected chi connectivity index (χ3v) is 9.07. The summed E-state index contributed by atoms with van der Waals surface area (Å²) in [4.78, 5) is 3.91. The summed E-state index contributed by atoms with van der Waals surface area (Å²) in [6.07, 6.45) is -23.7. The number of nitrogens with one attached hydrogen (secondary N) is 1. The lowest BCUT2D eigenvalue weighted by molar-refractivity contribution is -0.376. The van der Waals surface area contributed by atoms with E-state index < -0.39 is 91.8 Å². The van der Waals surface area contributed by atoms with Crippen molar-refractivity contribution in [3.8, 4) is 17.2 Å². The van der Waals surface area contributed by atoms with Gasteiger partial charge in [-0.3, -0.25) is 0 Å². The summed E-state index contributed by atoms with van der Waals surface area (Å²) in [6.45, 7) is 4.91. The van der Waals surface area contributed by atoms with Gasteiger partial charge in [-0.2, -0.15) is 52.7 Å². The monoisotopic (exact) mass is 730 g/mol. The van der Waals surface area contributed by atoms with E-state index in [1.165, 1.54) is 0 Å². The molecule has 1 atom stereocenters. The number of anilines is 1. The van der Waals surface area contributed by atoms with Crippen LogP contribution in [0.1, 0.15) is 62.3 Å². The number of rotatable bonds is 9. The Morgan fingerprint density at radius 1 is 0.700 bits per heavy atom. The topological polar surface area (TPSA) is 78.5 Å². The highest BCUT2D eigenvalue weighted by Crippen LogP contribution is 2.57. The fourth-order valence-electron chi connectivity index (χ4n) is 6.11. The van der Waals surface area contributed by atoms with Crippen LogP contribution in [0.15, 0.2) is 59.0 Å². The Bertz CT molecular complexity index is 1830. The number of fused-ring (bicyclic) bond motifs is 1. The van der Waals surface area contributed by atoms with Gasteiger partial charge < -0.3 is 19.9 Å². The molecule has 50 heavy (non-hydrogen) atoms. The molecule has 0 aliphatic carbocycles. The van der Waals surface area contributed by atoms with Crippen LogP contribution < -0.4 is 5.32 Å². The average molecular weight is 731 g/mol. The lowest BCUT2D eigenvalue weighted by Gasteiger charge is -2.38. The summed E-state index contributed by atoms with van der Waals surface area (Å²) in [5.41, 5.74) is -17.7. The van der Waals surface area contributed by atoms with Crippen LogP contribution in [0.4, 0.5) is 58.4 Å². The summed E-state index contributed by atoms with van der Waals surface area (Å²) in [7, 11) is 1.15. The maximum absolute atomic E-state index is 14.8. The van der Waals surface area contributed by atoms with Crippen molar-refractivity contribution in [2.24, 2.45) is 0 Å². The molecule has 0 amide bonds. The molecule has 17 heteroatoms. The van der Waals surface area contributed by atoms with Crippen LogP contribution in [-0.2, 0) is 16.4 Å². The fourth-order valence-corrected chi connectivity index (χ4v) is 6.11. The zero-order valence-electron chi connectivity index (χ0n) is 26.6. The fraction of sp³-hybridized carbons (Fsp3) is 0.424. The highest BCUT2D eigenvalue weighted by Gasteiger charge is 2.73. The molecular weight excluding hydrogens is 700 g/mol. The van der Waals surface area contributed by atoms with Gasteiger partial charge in [0.2, 0.25) is 11.3 Å². The minimum atomic E-state index is -6.27. The number of hydrogen-bond acceptors (Lipinski definition) is 5. The highest BCUT2D eigenvalue weighted by atomic mass is 19.4. The number of phenolic OH excluding ortho intramolecular Hbond substituents is 1. The smallest absolute Gasteiger partial charge is 0.430 e. The first-order valence-corrected chi connectivity index (χ1v) is 14.9. The molecule has 3 N–H and O–H groups in total. The molecule has 1 unspecified atom stereocenters. The number of benzene rings is 3. The molecule has 0 aliphatic rings. The number of aromatic hydroxyl groups is 1. The van der Waals surface area contributed by atoms with E-state index in [1.807, 2.05) is 0 Å². The summed E-state index contributed by atoms with van der Waals surface area (Å²) in [5, 5.41) is 22.5. The summed E-state index contributed by atoms with van der Waals surface area (Å²) in [5.74, 6) is -1.39. The Morgan fingerprint density at radius 2 is 1.24 bits per heavy atom. The quantitative estimate of drug-likeness (QED) is 0.118. The molecule has 5 nitrogen and oxygen atoms in total. The normalized spacial score (nSPS) is 15.0. The van der Waals surface area contributed by atoms with Crippen LogP contribution in [0.2, 0.25) is 0 Å². The summed E-state index contributed by atoms with van der Waals surface area (Å²) >= 11 is 0. The molecule has 3 aromatic carbocycles. The van der Waals surface area contributed by atoms with E-state index in [1.54, 1.807) is 20.8 Å². The second-order valence-corrected chi connectivity index (χ2v) is 12.1. The molecule has 0 fully saturated rings. The Morgan fingerprint density at radius 3 is 1.74 bits per heavy atom. The first-order valence-electron chi connectivity index (χ1n) is 14.9. The van der Waals surface area contributed by atoms with E-state index in [0.29, 0.717) is 55.0 Å². The van der Waals surface area contributed by atoms with E-state index in [-0.39, 0.29) is 18.4 Å². The Hall–Kier alpha value is -4.15. The van der Waals surface area contributed by atoms with Crippen molar-refractivity contribution in [2.75, 3.05) is 12.4 Å². The molecule has 0 saturated heterocycles. The van der Waals surface area contributed by atoms with Crippen LogP contribution in [0.5, 0.6) is 5.75 Å². The van der Waals surface area contributed by atoms with Crippen molar-refractivity contribution in [2.45, 2.75) is 81.2 Å². The molecule has 0 spiro atoms. The molecule has 0 bridgehead atoms. The molecular formula is C33H30F12N2O3. The maximum Gasteiger partial charge on any atom is 0.430 e. The molecule has 274 valence electrons. The van der Waals surface area contributed by atoms with E-state index in [4.69, 9.17) is 4.42 Å². The van der Waals surface area contributed by atoms with Crippen molar-refractivity contribution in [3.05, 3.63) is 76.9 Å². The van der Waals surface area contributed by atoms with E-state index in [0.717, 1.165) is 13.1 Å². The SMILES string of the molecule is CCCC(C)(CC)c1cc(-c2nc3cc(C(c4ccc(O)c(NC)c4)(C(F)(F)F)C(F)(F)F)ccc3o2)cc(C(O)(C(F)(F)F)C(F)(F)F)c1. The number of hydrogen-bond donors (Lipinski definition) is 3. The Kier molecular flexibility index (Phi) is 9.71. The van der Waals surface area contributed by atoms with Gasteiger partial charge in [-0.1, -0.05) is 45.4 Å². The van der Waals surface area contributed by atoms with E-state index in [9.17, 15) is 62.9 Å². The first-order chi connectivity index (χ1) is 22.8. The Balaban J connectivity index is 2.05. The number of aromatic nitrogens is 1. The van der Waals surface area contributed by atoms with Gasteiger partial charge in [0.15, 0.2) is 5.58 Å². The van der Waals surface area contributed by atoms with Gasteiger partial charge in [-0.05, 0) is 71.3 Å². The van der Waals surface area contributed by atoms with Crippen molar-refractivity contribution in [1.29, 1.82) is 0 Å². The predicted octanol–water partition coefficient (Wildman–Crippen LogP) is 10.4. The third-order valence-electron chi connectivity index (χ3n) is 9.07. The molecule has 0 aliphatic heterocycles. The van der Waals surface area contributed by atoms with Crippen LogP contribution >= 0.6 is 0 Å². The first kappa shape index (κ1) is 38.6. The Labute approximate surface area is 276 Å². The molecule has 4 aromatic rings. The number of alkyl halides is 12. The van der Waals surface area contributed by atoms with Crippen molar-refractivity contribution in [1.82, 2.24) is 4.98 Å². The van der Waals surface area contributed by atoms with Gasteiger partial charge in [0.25, 0.3) is 5.60 Å². The van der Waals surface area contributed by atoms with Crippen molar-refractivity contribution < 1.29 is 67.3 Å². The molecule has 0 saturated carbocycles. The minimum Gasteiger partial charge on any atom is -0.506 e. The summed E-state index contributed by atoms with van der Waals surface area (Å²) in [6, 6.07) is 5.10. The highest BCUT2D eigenvalue weighted by molar-refractivity contribution is 5.78. The lowest BCUT2D eigenvalue weighted by Crippen LogP contribution is -2.54. The second-order valence-electron chi connectivity index (χ2n) is 12.1. The standard InChI is InChI=1S/C33H30F12N2O3/c1-5-11-27(3,6-2)20-12-17(13-21(14-20)29(49,32(40,41)42)33(43,44)45)26-47-23-16-19(8-10-25(23)50-26)28(30(34,35)36,31(37,38)39)18-7-9-24(48)22(15-18)46-4/h7-10,12-16,46,48-49H,5-6,11H2,1-4H3. The predicted molar refractivity (Wildman–Crippen MR) is 159 cm³/mol. The van der Waals surface area contributed by atoms with Gasteiger partial charge in [-0.25, -0.2) is 4.98 Å². The molecule has 1 heterocycles. The minimum absolute atomic E-state index is 0.0925. The maximum atomic E-state index is 14.8. The largest absolute Gasteiger partial charge is 0.506 e. The zero-order chi connectivity index (χ0) is 37.9. The van der Waals surface area contributed by atoms with Gasteiger partial charge in [0.05, 0.1) is 5.69 Å². The van der Waals surface area contributed by atoms with Crippen molar-refractivity contribution >= 4 is 16.8 Å². The molecule has 1 aromatic heterocycles. The number of oxazole rings is 1. The number of phenols is 1. The van der Waals surface area contributed by atoms with Gasteiger partial charge in [-0.15, -0.1) is 0 Å². The van der Waals surface area contributed by atoms with E-state index >= 15 is 0 Å². The summed E-state index contributed by atoms with van der Waals surface area (Å²) < 4.78 is 178.